The number of hydrogen-bond donors (Lipinski definition) is 1. The van der Waals surface area contributed by atoms with Gasteiger partial charge in [-0.15, -0.1) is 0 Å². The summed E-state index contributed by atoms with van der Waals surface area (Å²) in [6, 6.07) is 11.6. The van der Waals surface area contributed by atoms with E-state index >= 15 is 0 Å². The van der Waals surface area contributed by atoms with Gasteiger partial charge in [0, 0.05) is 32.4 Å². The van der Waals surface area contributed by atoms with E-state index in [1.54, 1.807) is 24.3 Å². The fraction of sp³-hybridized carbons (Fsp3) is 0.350. The average molecular weight is 337 g/mol. The molecule has 1 saturated heterocycles. The van der Waals surface area contributed by atoms with Gasteiger partial charge in [0.2, 0.25) is 11.8 Å². The van der Waals surface area contributed by atoms with Crippen LogP contribution < -0.4 is 5.32 Å². The number of aromatic nitrogens is 1. The predicted molar refractivity (Wildman–Crippen MR) is 95.5 cm³/mol. The van der Waals surface area contributed by atoms with Gasteiger partial charge in [-0.2, -0.15) is 0 Å². The van der Waals surface area contributed by atoms with Crippen molar-refractivity contribution in [2.24, 2.45) is 5.92 Å². The third kappa shape index (κ3) is 3.87. The van der Waals surface area contributed by atoms with Gasteiger partial charge in [0.05, 0.1) is 12.0 Å². The molecule has 5 heteroatoms. The molecule has 2 heterocycles. The van der Waals surface area contributed by atoms with E-state index in [9.17, 15) is 9.59 Å². The molecule has 1 aliphatic rings. The molecule has 0 radical (unpaired) electrons. The Morgan fingerprint density at radius 2 is 2.04 bits per heavy atom. The molecule has 2 aromatic rings. The number of nitrogens with one attached hydrogen (secondary N) is 1. The van der Waals surface area contributed by atoms with Crippen LogP contribution >= 0.6 is 0 Å². The number of carbonyl (C=O) groups excluding carboxylic acids is 2. The highest BCUT2D eigenvalue weighted by atomic mass is 16.2. The second kappa shape index (κ2) is 7.47. The summed E-state index contributed by atoms with van der Waals surface area (Å²) >= 11 is 0. The minimum Gasteiger partial charge on any atom is -0.352 e. The maximum atomic E-state index is 12.8. The van der Waals surface area contributed by atoms with Crippen molar-refractivity contribution >= 4 is 11.8 Å². The van der Waals surface area contributed by atoms with Crippen LogP contribution in [0.25, 0.3) is 0 Å². The molecule has 25 heavy (non-hydrogen) atoms. The Kier molecular flexibility index (Phi) is 5.12. The van der Waals surface area contributed by atoms with Gasteiger partial charge >= 0.3 is 0 Å². The first-order valence-corrected chi connectivity index (χ1v) is 8.55. The molecule has 0 aliphatic carbocycles. The molecule has 1 N–H and O–H groups in total. The highest BCUT2D eigenvalue weighted by molar-refractivity contribution is 5.84. The number of aryl methyl sites for hydroxylation is 1. The molecule has 0 spiro atoms. The maximum absolute atomic E-state index is 12.8. The molecule has 0 saturated carbocycles. The molecule has 3 rings (SSSR count). The number of benzene rings is 1. The lowest BCUT2D eigenvalue weighted by atomic mass is 9.83. The molecule has 130 valence electrons. The predicted octanol–water partition coefficient (Wildman–Crippen LogP) is 2.62. The minimum atomic E-state index is -0.248. The molecule has 2 amide bonds. The van der Waals surface area contributed by atoms with E-state index in [1.165, 1.54) is 0 Å². The van der Waals surface area contributed by atoms with Crippen LogP contribution in [-0.4, -0.2) is 28.7 Å². The molecule has 1 aromatic heterocycles. The van der Waals surface area contributed by atoms with E-state index in [-0.39, 0.29) is 23.8 Å². The van der Waals surface area contributed by atoms with E-state index in [0.717, 1.165) is 16.7 Å². The molecule has 0 bridgehead atoms. The number of carbonyl (C=O) groups is 2. The van der Waals surface area contributed by atoms with Crippen molar-refractivity contribution in [3.05, 3.63) is 65.5 Å². The molecule has 1 fully saturated rings. The minimum absolute atomic E-state index is 0.0196. The molecule has 2 atom stereocenters. The number of amides is 2. The number of piperidine rings is 1. The monoisotopic (exact) mass is 337 g/mol. The SMILES string of the molecule is Cc1ccc(C2C(C(=O)NCc3cccnc3)CCC(=O)N2C)cc1. The normalized spacial score (nSPS) is 20.4. The second-order valence-corrected chi connectivity index (χ2v) is 6.58. The van der Waals surface area contributed by atoms with E-state index in [4.69, 9.17) is 0 Å². The van der Waals surface area contributed by atoms with Crippen molar-refractivity contribution in [1.82, 2.24) is 15.2 Å². The summed E-state index contributed by atoms with van der Waals surface area (Å²) in [5, 5.41) is 3.00. The zero-order valence-electron chi connectivity index (χ0n) is 14.6. The van der Waals surface area contributed by atoms with E-state index in [0.29, 0.717) is 19.4 Å². The summed E-state index contributed by atoms with van der Waals surface area (Å²) in [7, 11) is 1.79. The first kappa shape index (κ1) is 17.1. The van der Waals surface area contributed by atoms with Gasteiger partial charge in [0.25, 0.3) is 0 Å². The third-order valence-corrected chi connectivity index (χ3v) is 4.81. The highest BCUT2D eigenvalue weighted by Crippen LogP contribution is 2.36. The third-order valence-electron chi connectivity index (χ3n) is 4.81. The topological polar surface area (TPSA) is 62.3 Å². The van der Waals surface area contributed by atoms with Crippen molar-refractivity contribution in [3.63, 3.8) is 0 Å². The lowest BCUT2D eigenvalue weighted by molar-refractivity contribution is -0.141. The smallest absolute Gasteiger partial charge is 0.225 e. The fourth-order valence-electron chi connectivity index (χ4n) is 3.36. The zero-order chi connectivity index (χ0) is 17.8. The summed E-state index contributed by atoms with van der Waals surface area (Å²) in [4.78, 5) is 30.8. The van der Waals surface area contributed by atoms with Gasteiger partial charge in [-0.25, -0.2) is 0 Å². The van der Waals surface area contributed by atoms with Crippen molar-refractivity contribution in [2.75, 3.05) is 7.05 Å². The molecular weight excluding hydrogens is 314 g/mol. The Bertz CT molecular complexity index is 743. The van der Waals surface area contributed by atoms with Crippen LogP contribution in [0, 0.1) is 12.8 Å². The number of likely N-dealkylation sites (tertiary alicyclic amines) is 1. The van der Waals surface area contributed by atoms with Crippen LogP contribution in [0.1, 0.15) is 35.6 Å². The first-order chi connectivity index (χ1) is 12.1. The number of pyridine rings is 1. The Labute approximate surface area is 148 Å². The summed E-state index contributed by atoms with van der Waals surface area (Å²) in [6.07, 6.45) is 4.43. The average Bonchev–Trinajstić information content (AvgIpc) is 2.63. The van der Waals surface area contributed by atoms with Crippen LogP contribution in [0.15, 0.2) is 48.8 Å². The largest absolute Gasteiger partial charge is 0.352 e. The molecule has 2 unspecified atom stereocenters. The highest BCUT2D eigenvalue weighted by Gasteiger charge is 2.38. The van der Waals surface area contributed by atoms with Gasteiger partial charge in [-0.1, -0.05) is 35.9 Å². The quantitative estimate of drug-likeness (QED) is 0.933. The lowest BCUT2D eigenvalue weighted by Crippen LogP contribution is -2.46. The summed E-state index contributed by atoms with van der Waals surface area (Å²) < 4.78 is 0. The van der Waals surface area contributed by atoms with Crippen LogP contribution in [0.5, 0.6) is 0 Å². The van der Waals surface area contributed by atoms with Gasteiger partial charge < -0.3 is 10.2 Å². The Morgan fingerprint density at radius 1 is 1.28 bits per heavy atom. The van der Waals surface area contributed by atoms with Crippen molar-refractivity contribution in [3.8, 4) is 0 Å². The van der Waals surface area contributed by atoms with Gasteiger partial charge in [-0.3, -0.25) is 14.6 Å². The standard InChI is InChI=1S/C20H23N3O2/c1-14-5-7-16(8-6-14)19-17(9-10-18(24)23(19)2)20(25)22-13-15-4-3-11-21-12-15/h3-8,11-12,17,19H,9-10,13H2,1-2H3,(H,22,25). The number of hydrogen-bond acceptors (Lipinski definition) is 3. The molecule has 5 nitrogen and oxygen atoms in total. The number of nitrogens with zero attached hydrogens (tertiary/aromatic N) is 2. The van der Waals surface area contributed by atoms with E-state index in [1.807, 2.05) is 43.3 Å². The van der Waals surface area contributed by atoms with E-state index < -0.39 is 0 Å². The van der Waals surface area contributed by atoms with Crippen LogP contribution in [-0.2, 0) is 16.1 Å². The Hall–Kier alpha value is -2.69. The fourth-order valence-corrected chi connectivity index (χ4v) is 3.36. The molecule has 1 aromatic carbocycles. The Morgan fingerprint density at radius 3 is 2.72 bits per heavy atom. The molecular formula is C20H23N3O2. The maximum Gasteiger partial charge on any atom is 0.225 e. The van der Waals surface area contributed by atoms with Gasteiger partial charge in [-0.05, 0) is 30.5 Å². The van der Waals surface area contributed by atoms with Crippen LogP contribution in [0.3, 0.4) is 0 Å². The van der Waals surface area contributed by atoms with Gasteiger partial charge in [0.1, 0.15) is 0 Å². The lowest BCUT2D eigenvalue weighted by Gasteiger charge is -2.38. The zero-order valence-corrected chi connectivity index (χ0v) is 14.6. The summed E-state index contributed by atoms with van der Waals surface area (Å²) in [5.74, 6) is -0.183. The van der Waals surface area contributed by atoms with Crippen molar-refractivity contribution in [1.29, 1.82) is 0 Å². The van der Waals surface area contributed by atoms with E-state index in [2.05, 4.69) is 10.3 Å². The summed E-state index contributed by atoms with van der Waals surface area (Å²) in [5.41, 5.74) is 3.12. The Balaban J connectivity index is 1.78. The summed E-state index contributed by atoms with van der Waals surface area (Å²) in [6.45, 7) is 2.47. The van der Waals surface area contributed by atoms with Gasteiger partial charge in [0.15, 0.2) is 0 Å². The first-order valence-electron chi connectivity index (χ1n) is 8.55. The second-order valence-electron chi connectivity index (χ2n) is 6.58. The van der Waals surface area contributed by atoms with Crippen LogP contribution in [0.2, 0.25) is 0 Å². The van der Waals surface area contributed by atoms with Crippen molar-refractivity contribution < 1.29 is 9.59 Å². The number of rotatable bonds is 4. The van der Waals surface area contributed by atoms with Crippen molar-refractivity contribution in [2.45, 2.75) is 32.4 Å². The molecule has 1 aliphatic heterocycles. The van der Waals surface area contributed by atoms with Crippen LogP contribution in [0.4, 0.5) is 0 Å².